The lowest BCUT2D eigenvalue weighted by molar-refractivity contribution is -0.143. The molecule has 0 saturated heterocycles. The van der Waals surface area contributed by atoms with Crippen LogP contribution in [-0.4, -0.2) is 47.4 Å². The molecule has 75 heavy (non-hydrogen) atoms. The van der Waals surface area contributed by atoms with Gasteiger partial charge in [0.05, 0.1) is 25.4 Å². The Kier molecular flexibility index (Phi) is 63.0. The second-order valence-corrected chi connectivity index (χ2v) is 23.1. The Labute approximate surface area is 468 Å². The van der Waals surface area contributed by atoms with Crippen LogP contribution in [0.5, 0.6) is 0 Å². The van der Waals surface area contributed by atoms with Crippen LogP contribution in [0.2, 0.25) is 0 Å². The van der Waals surface area contributed by atoms with Crippen molar-refractivity contribution in [2.24, 2.45) is 0 Å². The van der Waals surface area contributed by atoms with Crippen LogP contribution in [0, 0.1) is 0 Å². The van der Waals surface area contributed by atoms with Gasteiger partial charge in [-0.15, -0.1) is 0 Å². The van der Waals surface area contributed by atoms with E-state index in [2.05, 4.69) is 43.5 Å². The predicted molar refractivity (Wildman–Crippen MR) is 329 cm³/mol. The van der Waals surface area contributed by atoms with Crippen molar-refractivity contribution in [3.63, 3.8) is 0 Å². The first-order chi connectivity index (χ1) is 37.0. The summed E-state index contributed by atoms with van der Waals surface area (Å²) >= 11 is 0. The molecule has 3 N–H and O–H groups in total. The number of ether oxygens (including phenoxy) is 1. The van der Waals surface area contributed by atoms with E-state index < -0.39 is 12.1 Å². The van der Waals surface area contributed by atoms with Gasteiger partial charge in [-0.1, -0.05) is 307 Å². The number of aliphatic hydroxyl groups excluding tert-OH is 2. The summed E-state index contributed by atoms with van der Waals surface area (Å²) in [6, 6.07) is -0.629. The molecule has 0 radical (unpaired) electrons. The van der Waals surface area contributed by atoms with E-state index in [0.29, 0.717) is 19.4 Å². The fraction of sp³-hybridized carbons (Fsp3) is 0.884. The van der Waals surface area contributed by atoms with Crippen LogP contribution in [0.4, 0.5) is 0 Å². The normalized spacial score (nSPS) is 12.7. The maximum atomic E-state index is 12.5. The number of amides is 1. The van der Waals surface area contributed by atoms with Crippen molar-refractivity contribution in [3.8, 4) is 0 Å². The summed E-state index contributed by atoms with van der Waals surface area (Å²) in [5.41, 5.74) is 0. The number of carbonyl (C=O) groups excluding carboxylic acids is 2. The quantitative estimate of drug-likeness (QED) is 0.0320. The number of nitrogens with one attached hydrogen (secondary N) is 1. The molecular formula is C69H131NO5. The van der Waals surface area contributed by atoms with Crippen molar-refractivity contribution in [2.45, 2.75) is 379 Å². The highest BCUT2D eigenvalue weighted by Crippen LogP contribution is 2.18. The molecule has 0 spiro atoms. The summed E-state index contributed by atoms with van der Waals surface area (Å²) in [6.45, 7) is 4.92. The van der Waals surface area contributed by atoms with E-state index in [1.165, 1.54) is 295 Å². The number of unbranched alkanes of at least 4 members (excludes halogenated alkanes) is 48. The van der Waals surface area contributed by atoms with Crippen molar-refractivity contribution in [3.05, 3.63) is 36.5 Å². The van der Waals surface area contributed by atoms with E-state index >= 15 is 0 Å². The lowest BCUT2D eigenvalue weighted by Crippen LogP contribution is -2.45. The largest absolute Gasteiger partial charge is 0.466 e. The highest BCUT2D eigenvalue weighted by Gasteiger charge is 2.18. The Morgan fingerprint density at radius 1 is 0.360 bits per heavy atom. The van der Waals surface area contributed by atoms with Gasteiger partial charge in [-0.3, -0.25) is 9.59 Å². The predicted octanol–water partition coefficient (Wildman–Crippen LogP) is 21.5. The topological polar surface area (TPSA) is 95.9 Å². The SMILES string of the molecule is CCCCCCC/C=C\CCCCCCCC(=O)OCCCCCCCCCCCCCC/C=C\CCCCCCCCCCCCCC(=O)NC(CO)C(O)/C=C/CCCCCCCCCCCCCCCCC. The maximum Gasteiger partial charge on any atom is 0.305 e. The van der Waals surface area contributed by atoms with Gasteiger partial charge in [-0.25, -0.2) is 0 Å². The number of hydrogen-bond donors (Lipinski definition) is 3. The van der Waals surface area contributed by atoms with E-state index in [-0.39, 0.29) is 18.5 Å². The lowest BCUT2D eigenvalue weighted by Gasteiger charge is -2.20. The van der Waals surface area contributed by atoms with Crippen LogP contribution < -0.4 is 5.32 Å². The monoisotopic (exact) mass is 1050 g/mol. The first-order valence-electron chi connectivity index (χ1n) is 33.8. The van der Waals surface area contributed by atoms with Gasteiger partial charge in [-0.2, -0.15) is 0 Å². The van der Waals surface area contributed by atoms with Crippen molar-refractivity contribution >= 4 is 11.9 Å². The summed E-state index contributed by atoms with van der Waals surface area (Å²) in [4.78, 5) is 24.5. The summed E-state index contributed by atoms with van der Waals surface area (Å²) in [7, 11) is 0. The molecule has 1 amide bonds. The molecule has 0 aromatic carbocycles. The number of rotatable bonds is 63. The van der Waals surface area contributed by atoms with Crippen LogP contribution in [0.15, 0.2) is 36.5 Å². The van der Waals surface area contributed by atoms with Crippen molar-refractivity contribution in [2.75, 3.05) is 13.2 Å². The minimum Gasteiger partial charge on any atom is -0.466 e. The van der Waals surface area contributed by atoms with Gasteiger partial charge in [-0.05, 0) is 83.5 Å². The van der Waals surface area contributed by atoms with Gasteiger partial charge in [0.15, 0.2) is 0 Å². The zero-order valence-electron chi connectivity index (χ0n) is 50.5. The molecule has 0 aromatic heterocycles. The van der Waals surface area contributed by atoms with E-state index in [4.69, 9.17) is 4.74 Å². The first kappa shape index (κ1) is 73.1. The molecule has 442 valence electrons. The Bertz CT molecular complexity index is 1210. The molecule has 2 unspecified atom stereocenters. The van der Waals surface area contributed by atoms with Crippen LogP contribution in [0.25, 0.3) is 0 Å². The minimum atomic E-state index is -0.845. The zero-order chi connectivity index (χ0) is 54.3. The van der Waals surface area contributed by atoms with Crippen molar-refractivity contribution in [1.82, 2.24) is 5.32 Å². The van der Waals surface area contributed by atoms with Crippen molar-refractivity contribution in [1.29, 1.82) is 0 Å². The molecule has 0 heterocycles. The number of hydrogen-bond acceptors (Lipinski definition) is 5. The van der Waals surface area contributed by atoms with Crippen LogP contribution >= 0.6 is 0 Å². The van der Waals surface area contributed by atoms with Crippen LogP contribution in [0.3, 0.4) is 0 Å². The van der Waals surface area contributed by atoms with Crippen LogP contribution in [-0.2, 0) is 14.3 Å². The molecule has 0 bridgehead atoms. The summed E-state index contributed by atoms with van der Waals surface area (Å²) in [6.07, 6.45) is 82.1. The van der Waals surface area contributed by atoms with E-state index in [0.717, 1.165) is 44.9 Å². The molecule has 0 aliphatic carbocycles. The summed E-state index contributed by atoms with van der Waals surface area (Å²) in [5, 5.41) is 23.2. The average Bonchev–Trinajstić information content (AvgIpc) is 3.41. The summed E-state index contributed by atoms with van der Waals surface area (Å²) in [5.74, 6) is -0.0601. The third kappa shape index (κ3) is 61.2. The third-order valence-corrected chi connectivity index (χ3v) is 15.6. The Hall–Kier alpha value is -1.92. The molecular weight excluding hydrogens is 923 g/mol. The lowest BCUT2D eigenvalue weighted by atomic mass is 10.0. The van der Waals surface area contributed by atoms with Gasteiger partial charge in [0.25, 0.3) is 0 Å². The molecule has 0 rings (SSSR count). The average molecular weight is 1050 g/mol. The minimum absolute atomic E-state index is 0.00638. The van der Waals surface area contributed by atoms with Gasteiger partial charge >= 0.3 is 5.97 Å². The maximum absolute atomic E-state index is 12.5. The number of allylic oxidation sites excluding steroid dienone is 5. The number of carbonyl (C=O) groups is 2. The van der Waals surface area contributed by atoms with Crippen LogP contribution in [0.1, 0.15) is 367 Å². The van der Waals surface area contributed by atoms with Gasteiger partial charge in [0, 0.05) is 12.8 Å². The van der Waals surface area contributed by atoms with Crippen molar-refractivity contribution < 1.29 is 24.5 Å². The van der Waals surface area contributed by atoms with E-state index in [1.807, 2.05) is 6.08 Å². The zero-order valence-corrected chi connectivity index (χ0v) is 50.5. The highest BCUT2D eigenvalue weighted by molar-refractivity contribution is 5.76. The fourth-order valence-corrected chi connectivity index (χ4v) is 10.4. The summed E-state index contributed by atoms with van der Waals surface area (Å²) < 4.78 is 5.48. The molecule has 0 aromatic rings. The standard InChI is InChI=1S/C69H131NO5/c1-3-5-7-9-11-13-15-17-19-31-34-37-41-45-49-53-57-61-67(72)66(65-71)70-68(73)62-58-54-50-46-42-38-35-32-29-27-25-23-21-20-22-24-26-28-30-33-36-40-44-48-52-56-60-64-75-69(74)63-59-55-51-47-43-39-18-16-14-12-10-8-6-4-2/h16,18,20-21,57,61,66-67,71-72H,3-15,17,19,22-56,58-60,62-65H2,1-2H3,(H,70,73)/b18-16-,21-20-,61-57+. The molecule has 6 heteroatoms. The third-order valence-electron chi connectivity index (χ3n) is 15.6. The Morgan fingerprint density at radius 3 is 0.947 bits per heavy atom. The molecule has 6 nitrogen and oxygen atoms in total. The van der Waals surface area contributed by atoms with Gasteiger partial charge in [0.1, 0.15) is 0 Å². The Morgan fingerprint density at radius 2 is 0.627 bits per heavy atom. The van der Waals surface area contributed by atoms with E-state index in [1.54, 1.807) is 6.08 Å². The second-order valence-electron chi connectivity index (χ2n) is 23.1. The smallest absolute Gasteiger partial charge is 0.305 e. The van der Waals surface area contributed by atoms with Gasteiger partial charge < -0.3 is 20.3 Å². The molecule has 0 saturated carbocycles. The van der Waals surface area contributed by atoms with Gasteiger partial charge in [0.2, 0.25) is 5.91 Å². The second kappa shape index (κ2) is 64.6. The number of esters is 1. The first-order valence-corrected chi connectivity index (χ1v) is 33.8. The highest BCUT2D eigenvalue weighted by atomic mass is 16.5. The fourth-order valence-electron chi connectivity index (χ4n) is 10.4. The molecule has 0 fully saturated rings. The molecule has 0 aliphatic heterocycles. The number of aliphatic hydroxyl groups is 2. The Balaban J connectivity index is 3.41. The molecule has 0 aliphatic rings. The van der Waals surface area contributed by atoms with E-state index in [9.17, 15) is 19.8 Å². The molecule has 2 atom stereocenters.